The molecule has 4 N–H and O–H groups in total. The lowest BCUT2D eigenvalue weighted by molar-refractivity contribution is -0.138. The second-order valence-corrected chi connectivity index (χ2v) is 5.24. The van der Waals surface area contributed by atoms with Gasteiger partial charge in [-0.3, -0.25) is 9.59 Å². The van der Waals surface area contributed by atoms with Crippen molar-refractivity contribution in [3.05, 3.63) is 33.3 Å². The van der Waals surface area contributed by atoms with Crippen LogP contribution >= 0.6 is 23.2 Å². The minimum Gasteiger partial charge on any atom is -0.480 e. The van der Waals surface area contributed by atoms with Crippen LogP contribution in [0.15, 0.2) is 12.1 Å². The third-order valence-corrected chi connectivity index (χ3v) is 3.45. The maximum absolute atomic E-state index is 11.8. The van der Waals surface area contributed by atoms with Crippen molar-refractivity contribution >= 4 is 40.9 Å². The average molecular weight is 334 g/mol. The Morgan fingerprint density at radius 1 is 1.19 bits per heavy atom. The molecule has 0 saturated heterocycles. The Balaban J connectivity index is 2.81. The molecule has 114 valence electrons. The summed E-state index contributed by atoms with van der Waals surface area (Å²) >= 11 is 11.7. The van der Waals surface area contributed by atoms with Gasteiger partial charge in [-0.15, -0.1) is 0 Å². The zero-order valence-electron chi connectivity index (χ0n) is 10.8. The Morgan fingerprint density at radius 2 is 1.81 bits per heavy atom. The Labute approximate surface area is 130 Å². The summed E-state index contributed by atoms with van der Waals surface area (Å²) in [6, 6.07) is 1.49. The van der Waals surface area contributed by atoms with E-state index in [-0.39, 0.29) is 46.2 Å². The SMILES string of the molecule is N[C@@H](CCC(=O)Cc1cc(Cl)cc(C(=O)O)c1Cl)C(=O)O. The summed E-state index contributed by atoms with van der Waals surface area (Å²) in [6.07, 6.45) is -0.178. The fourth-order valence-electron chi connectivity index (χ4n) is 1.67. The molecule has 0 radical (unpaired) electrons. The number of carboxylic acid groups (broad SMARTS) is 2. The Morgan fingerprint density at radius 3 is 2.33 bits per heavy atom. The summed E-state index contributed by atoms with van der Waals surface area (Å²) in [5.41, 5.74) is 5.40. The quantitative estimate of drug-likeness (QED) is 0.702. The predicted octanol–water partition coefficient (Wildman–Crippen LogP) is 2.00. The van der Waals surface area contributed by atoms with Crippen LogP contribution in [-0.4, -0.2) is 34.0 Å². The molecule has 21 heavy (non-hydrogen) atoms. The van der Waals surface area contributed by atoms with Gasteiger partial charge in [-0.1, -0.05) is 23.2 Å². The summed E-state index contributed by atoms with van der Waals surface area (Å²) in [7, 11) is 0. The van der Waals surface area contributed by atoms with Gasteiger partial charge in [-0.05, 0) is 24.1 Å². The van der Waals surface area contributed by atoms with E-state index in [4.69, 9.17) is 39.1 Å². The van der Waals surface area contributed by atoms with Crippen LogP contribution in [0.25, 0.3) is 0 Å². The number of carbonyl (C=O) groups excluding carboxylic acids is 1. The summed E-state index contributed by atoms with van der Waals surface area (Å²) in [4.78, 5) is 33.3. The van der Waals surface area contributed by atoms with Crippen molar-refractivity contribution in [1.82, 2.24) is 0 Å². The van der Waals surface area contributed by atoms with Gasteiger partial charge in [0.1, 0.15) is 11.8 Å². The van der Waals surface area contributed by atoms with Crippen LogP contribution in [-0.2, 0) is 16.0 Å². The maximum atomic E-state index is 11.8. The molecule has 0 aliphatic heterocycles. The molecule has 1 aromatic rings. The number of halogens is 2. The van der Waals surface area contributed by atoms with Gasteiger partial charge in [0, 0.05) is 17.9 Å². The number of aliphatic carboxylic acids is 1. The number of benzene rings is 1. The van der Waals surface area contributed by atoms with Crippen LogP contribution in [0.5, 0.6) is 0 Å². The number of nitrogens with two attached hydrogens (primary N) is 1. The van der Waals surface area contributed by atoms with Crippen molar-refractivity contribution in [3.8, 4) is 0 Å². The topological polar surface area (TPSA) is 118 Å². The van der Waals surface area contributed by atoms with Crippen LogP contribution in [0.1, 0.15) is 28.8 Å². The number of rotatable bonds is 7. The monoisotopic (exact) mass is 333 g/mol. The molecule has 1 rings (SSSR count). The van der Waals surface area contributed by atoms with Crippen molar-refractivity contribution in [2.75, 3.05) is 0 Å². The Hall–Kier alpha value is -1.63. The van der Waals surface area contributed by atoms with E-state index in [2.05, 4.69) is 0 Å². The van der Waals surface area contributed by atoms with E-state index in [1.165, 1.54) is 12.1 Å². The lowest BCUT2D eigenvalue weighted by Gasteiger charge is -2.09. The number of carboxylic acids is 2. The molecule has 0 unspecified atom stereocenters. The van der Waals surface area contributed by atoms with E-state index in [1.807, 2.05) is 0 Å². The molecule has 0 aliphatic rings. The number of carbonyl (C=O) groups is 3. The summed E-state index contributed by atoms with van der Waals surface area (Å²) in [5.74, 6) is -2.73. The van der Waals surface area contributed by atoms with Gasteiger partial charge in [-0.25, -0.2) is 4.79 Å². The lowest BCUT2D eigenvalue weighted by Crippen LogP contribution is -2.30. The first-order chi connectivity index (χ1) is 9.72. The van der Waals surface area contributed by atoms with E-state index in [9.17, 15) is 14.4 Å². The molecule has 6 nitrogen and oxygen atoms in total. The molecule has 0 saturated carbocycles. The van der Waals surface area contributed by atoms with E-state index in [1.54, 1.807) is 0 Å². The van der Waals surface area contributed by atoms with Crippen molar-refractivity contribution < 1.29 is 24.6 Å². The number of hydrogen-bond donors (Lipinski definition) is 3. The number of hydrogen-bond acceptors (Lipinski definition) is 4. The summed E-state index contributed by atoms with van der Waals surface area (Å²) in [5, 5.41) is 17.7. The second kappa shape index (κ2) is 7.40. The van der Waals surface area contributed by atoms with Crippen LogP contribution in [0.2, 0.25) is 10.0 Å². The van der Waals surface area contributed by atoms with E-state index in [0.717, 1.165) is 0 Å². The molecule has 0 aliphatic carbocycles. The van der Waals surface area contributed by atoms with Crippen LogP contribution in [0.3, 0.4) is 0 Å². The van der Waals surface area contributed by atoms with Crippen molar-refractivity contribution in [3.63, 3.8) is 0 Å². The number of ketones is 1. The molecule has 0 spiro atoms. The third kappa shape index (κ3) is 5.00. The van der Waals surface area contributed by atoms with Gasteiger partial charge in [0.2, 0.25) is 0 Å². The summed E-state index contributed by atoms with van der Waals surface area (Å²) < 4.78 is 0. The van der Waals surface area contributed by atoms with Crippen molar-refractivity contribution in [1.29, 1.82) is 0 Å². The van der Waals surface area contributed by atoms with Gasteiger partial charge in [0.25, 0.3) is 0 Å². The second-order valence-electron chi connectivity index (χ2n) is 4.43. The molecule has 1 aromatic carbocycles. The highest BCUT2D eigenvalue weighted by Crippen LogP contribution is 2.27. The lowest BCUT2D eigenvalue weighted by atomic mass is 10.0. The molecule has 8 heteroatoms. The predicted molar refractivity (Wildman–Crippen MR) is 77.0 cm³/mol. The largest absolute Gasteiger partial charge is 0.480 e. The molecule has 1 atom stereocenters. The first kappa shape index (κ1) is 17.4. The van der Waals surface area contributed by atoms with E-state index < -0.39 is 18.0 Å². The third-order valence-electron chi connectivity index (χ3n) is 2.78. The van der Waals surface area contributed by atoms with Gasteiger partial charge >= 0.3 is 11.9 Å². The normalized spacial score (nSPS) is 12.0. The van der Waals surface area contributed by atoms with Gasteiger partial charge < -0.3 is 15.9 Å². The molecule has 0 heterocycles. The molecule has 0 amide bonds. The first-order valence-electron chi connectivity index (χ1n) is 5.93. The van der Waals surface area contributed by atoms with Crippen LogP contribution in [0, 0.1) is 0 Å². The molecular weight excluding hydrogens is 321 g/mol. The Kier molecular flexibility index (Phi) is 6.14. The van der Waals surface area contributed by atoms with Crippen molar-refractivity contribution in [2.24, 2.45) is 5.73 Å². The first-order valence-corrected chi connectivity index (χ1v) is 6.69. The minimum atomic E-state index is -1.25. The van der Waals surface area contributed by atoms with Crippen molar-refractivity contribution in [2.45, 2.75) is 25.3 Å². The number of Topliss-reactive ketones (excluding diaryl/α,β-unsaturated/α-hetero) is 1. The molecule has 0 fully saturated rings. The zero-order chi connectivity index (χ0) is 16.2. The van der Waals surface area contributed by atoms with E-state index in [0.29, 0.717) is 0 Å². The average Bonchev–Trinajstić information content (AvgIpc) is 2.39. The fourth-order valence-corrected chi connectivity index (χ4v) is 2.17. The van der Waals surface area contributed by atoms with Crippen LogP contribution in [0.4, 0.5) is 0 Å². The van der Waals surface area contributed by atoms with Gasteiger partial charge in [-0.2, -0.15) is 0 Å². The highest BCUT2D eigenvalue weighted by Gasteiger charge is 2.18. The van der Waals surface area contributed by atoms with E-state index >= 15 is 0 Å². The maximum Gasteiger partial charge on any atom is 0.337 e. The zero-order valence-corrected chi connectivity index (χ0v) is 12.3. The van der Waals surface area contributed by atoms with Gasteiger partial charge in [0.15, 0.2) is 0 Å². The summed E-state index contributed by atoms with van der Waals surface area (Å²) in [6.45, 7) is 0. The molecule has 0 bridgehead atoms. The number of aromatic carboxylic acids is 1. The smallest absolute Gasteiger partial charge is 0.337 e. The standard InChI is InChI=1S/C13H13Cl2NO5/c14-7-3-6(11(15)9(5-7)12(18)19)4-8(17)1-2-10(16)13(20)21/h3,5,10H,1-2,4,16H2,(H,18,19)(H,20,21)/t10-/m0/s1. The Bertz CT molecular complexity index is 588. The fraction of sp³-hybridized carbons (Fsp3) is 0.308. The molecular formula is C13H13Cl2NO5. The highest BCUT2D eigenvalue weighted by molar-refractivity contribution is 6.36. The van der Waals surface area contributed by atoms with Gasteiger partial charge in [0.05, 0.1) is 10.6 Å². The minimum absolute atomic E-state index is 0.00185. The molecule has 0 aromatic heterocycles. The van der Waals surface area contributed by atoms with Crippen LogP contribution < -0.4 is 5.73 Å². The highest BCUT2D eigenvalue weighted by atomic mass is 35.5.